The maximum absolute atomic E-state index is 5.18. The molecule has 0 radical (unpaired) electrons. The van der Waals surface area contributed by atoms with E-state index in [4.69, 9.17) is 4.74 Å². The van der Waals surface area contributed by atoms with Gasteiger partial charge in [-0.1, -0.05) is 76.8 Å². The maximum atomic E-state index is 5.18. The minimum absolute atomic E-state index is 0.937. The van der Waals surface area contributed by atoms with E-state index in [1.807, 2.05) is 12.1 Å². The monoisotopic (exact) mass is 319 g/mol. The van der Waals surface area contributed by atoms with Crippen molar-refractivity contribution in [3.8, 4) is 5.75 Å². The number of hydrogen-bond acceptors (Lipinski definition) is 2. The molecule has 0 bridgehead atoms. The molecule has 2 nitrogen and oxygen atoms in total. The van der Waals surface area contributed by atoms with Crippen LogP contribution in [0.5, 0.6) is 5.75 Å². The summed E-state index contributed by atoms with van der Waals surface area (Å²) in [5.41, 5.74) is 1.38. The zero-order chi connectivity index (χ0) is 16.6. The van der Waals surface area contributed by atoms with E-state index < -0.39 is 0 Å². The fourth-order valence-corrected chi connectivity index (χ4v) is 2.89. The van der Waals surface area contributed by atoms with Crippen molar-refractivity contribution < 1.29 is 4.74 Å². The summed E-state index contributed by atoms with van der Waals surface area (Å²) in [7, 11) is 1.71. The van der Waals surface area contributed by atoms with E-state index in [1.165, 1.54) is 69.8 Å². The van der Waals surface area contributed by atoms with E-state index in [0.717, 1.165) is 25.3 Å². The van der Waals surface area contributed by atoms with Crippen molar-refractivity contribution in [3.05, 3.63) is 29.8 Å². The third-order valence-corrected chi connectivity index (χ3v) is 4.46. The molecule has 23 heavy (non-hydrogen) atoms. The summed E-state index contributed by atoms with van der Waals surface area (Å²) in [4.78, 5) is 0. The average molecular weight is 320 g/mol. The van der Waals surface area contributed by atoms with Crippen LogP contribution in [0.25, 0.3) is 0 Å². The van der Waals surface area contributed by atoms with Gasteiger partial charge in [0.15, 0.2) is 0 Å². The van der Waals surface area contributed by atoms with Gasteiger partial charge in [-0.3, -0.25) is 0 Å². The Bertz CT molecular complexity index is 361. The van der Waals surface area contributed by atoms with E-state index in [1.54, 1.807) is 7.11 Å². The lowest BCUT2D eigenvalue weighted by molar-refractivity contribution is 0.414. The van der Waals surface area contributed by atoms with Crippen LogP contribution in [0.2, 0.25) is 0 Å². The summed E-state index contributed by atoms with van der Waals surface area (Å²) < 4.78 is 5.18. The number of unbranched alkanes of at least 4 members (excludes halogenated alkanes) is 9. The molecule has 0 atom stereocenters. The van der Waals surface area contributed by atoms with E-state index in [-0.39, 0.29) is 0 Å². The summed E-state index contributed by atoms with van der Waals surface area (Å²) in [6.07, 6.45) is 15.2. The summed E-state index contributed by atoms with van der Waals surface area (Å²) in [6, 6.07) is 8.39. The van der Waals surface area contributed by atoms with Crippen LogP contribution in [0.4, 0.5) is 0 Å². The van der Waals surface area contributed by atoms with E-state index in [0.29, 0.717) is 0 Å². The number of ether oxygens (including phenoxy) is 1. The summed E-state index contributed by atoms with van der Waals surface area (Å²) in [5.74, 6) is 0.937. The Hall–Kier alpha value is -1.02. The van der Waals surface area contributed by atoms with Crippen LogP contribution in [0, 0.1) is 0 Å². The third kappa shape index (κ3) is 11.2. The molecule has 0 aliphatic rings. The highest BCUT2D eigenvalue weighted by molar-refractivity contribution is 5.27. The molecule has 0 aliphatic carbocycles. The average Bonchev–Trinajstić information content (AvgIpc) is 2.59. The lowest BCUT2D eigenvalue weighted by Gasteiger charge is -2.06. The Kier molecular flexibility index (Phi) is 12.7. The van der Waals surface area contributed by atoms with E-state index in [9.17, 15) is 0 Å². The zero-order valence-electron chi connectivity index (χ0n) is 15.4. The molecule has 0 fully saturated rings. The van der Waals surface area contributed by atoms with Gasteiger partial charge in [-0.25, -0.2) is 0 Å². The highest BCUT2D eigenvalue weighted by Crippen LogP contribution is 2.12. The Labute approximate surface area is 144 Å². The molecule has 0 heterocycles. The predicted octanol–water partition coefficient (Wildman–Crippen LogP) is 5.75. The van der Waals surface area contributed by atoms with Gasteiger partial charge in [-0.2, -0.15) is 0 Å². The molecule has 1 aromatic rings. The summed E-state index contributed by atoms with van der Waals surface area (Å²) >= 11 is 0. The molecule has 0 saturated carbocycles. The molecule has 0 unspecified atom stereocenters. The van der Waals surface area contributed by atoms with Gasteiger partial charge in [0, 0.05) is 0 Å². The molecule has 0 spiro atoms. The van der Waals surface area contributed by atoms with Crippen molar-refractivity contribution in [2.45, 2.75) is 77.6 Å². The van der Waals surface area contributed by atoms with Crippen molar-refractivity contribution in [3.63, 3.8) is 0 Å². The van der Waals surface area contributed by atoms with Gasteiger partial charge in [0.05, 0.1) is 7.11 Å². The molecule has 0 aromatic heterocycles. The van der Waals surface area contributed by atoms with Gasteiger partial charge >= 0.3 is 0 Å². The molecular formula is C21H37NO. The van der Waals surface area contributed by atoms with Crippen LogP contribution in [-0.4, -0.2) is 20.2 Å². The maximum Gasteiger partial charge on any atom is 0.118 e. The van der Waals surface area contributed by atoms with Crippen molar-refractivity contribution in [1.82, 2.24) is 5.32 Å². The molecule has 2 heteroatoms. The Morgan fingerprint density at radius 1 is 0.739 bits per heavy atom. The Balaban J connectivity index is 1.82. The standard InChI is InChI=1S/C21H37NO/c1-3-4-5-6-7-8-9-10-11-12-18-22-19-17-20-13-15-21(23-2)16-14-20/h13-16,22H,3-12,17-19H2,1-2H3. The number of benzene rings is 1. The van der Waals surface area contributed by atoms with Crippen molar-refractivity contribution >= 4 is 0 Å². The van der Waals surface area contributed by atoms with Gasteiger partial charge < -0.3 is 10.1 Å². The van der Waals surface area contributed by atoms with Crippen LogP contribution in [0.1, 0.15) is 76.7 Å². The van der Waals surface area contributed by atoms with E-state index in [2.05, 4.69) is 24.4 Å². The second kappa shape index (κ2) is 14.6. The first kappa shape index (κ1) is 20.0. The number of hydrogen-bond donors (Lipinski definition) is 1. The van der Waals surface area contributed by atoms with Crippen LogP contribution in [0.3, 0.4) is 0 Å². The van der Waals surface area contributed by atoms with Crippen molar-refractivity contribution in [2.24, 2.45) is 0 Å². The fraction of sp³-hybridized carbons (Fsp3) is 0.714. The second-order valence-electron chi connectivity index (χ2n) is 6.53. The van der Waals surface area contributed by atoms with Crippen LogP contribution >= 0.6 is 0 Å². The minimum Gasteiger partial charge on any atom is -0.497 e. The lowest BCUT2D eigenvalue weighted by atomic mass is 10.1. The SMILES string of the molecule is CCCCCCCCCCCCNCCc1ccc(OC)cc1. The molecule has 132 valence electrons. The quantitative estimate of drug-likeness (QED) is 0.416. The highest BCUT2D eigenvalue weighted by atomic mass is 16.5. The first-order valence-corrected chi connectivity index (χ1v) is 9.70. The molecule has 0 amide bonds. The van der Waals surface area contributed by atoms with Crippen LogP contribution in [-0.2, 0) is 6.42 Å². The van der Waals surface area contributed by atoms with Gasteiger partial charge in [-0.05, 0) is 43.6 Å². The smallest absolute Gasteiger partial charge is 0.118 e. The first-order chi connectivity index (χ1) is 11.4. The topological polar surface area (TPSA) is 21.3 Å². The molecule has 1 aromatic carbocycles. The largest absolute Gasteiger partial charge is 0.497 e. The molecular weight excluding hydrogens is 282 g/mol. The first-order valence-electron chi connectivity index (χ1n) is 9.70. The third-order valence-electron chi connectivity index (χ3n) is 4.46. The number of rotatable bonds is 15. The second-order valence-corrected chi connectivity index (χ2v) is 6.53. The molecule has 0 aliphatic heterocycles. The predicted molar refractivity (Wildman–Crippen MR) is 101 cm³/mol. The Morgan fingerprint density at radius 2 is 1.30 bits per heavy atom. The van der Waals surface area contributed by atoms with Crippen molar-refractivity contribution in [2.75, 3.05) is 20.2 Å². The number of nitrogens with one attached hydrogen (secondary N) is 1. The summed E-state index contributed by atoms with van der Waals surface area (Å²) in [5, 5.41) is 3.56. The molecule has 1 rings (SSSR count). The lowest BCUT2D eigenvalue weighted by Crippen LogP contribution is -2.18. The van der Waals surface area contributed by atoms with Crippen LogP contribution in [0.15, 0.2) is 24.3 Å². The normalized spacial score (nSPS) is 10.9. The zero-order valence-corrected chi connectivity index (χ0v) is 15.4. The van der Waals surface area contributed by atoms with E-state index >= 15 is 0 Å². The summed E-state index contributed by atoms with van der Waals surface area (Å²) in [6.45, 7) is 4.52. The van der Waals surface area contributed by atoms with Gasteiger partial charge in [0.25, 0.3) is 0 Å². The minimum atomic E-state index is 0.937. The van der Waals surface area contributed by atoms with Crippen LogP contribution < -0.4 is 10.1 Å². The van der Waals surface area contributed by atoms with Gasteiger partial charge in [0.2, 0.25) is 0 Å². The fourth-order valence-electron chi connectivity index (χ4n) is 2.89. The molecule has 1 N–H and O–H groups in total. The molecule has 0 saturated heterocycles. The number of methoxy groups -OCH3 is 1. The van der Waals surface area contributed by atoms with Crippen molar-refractivity contribution in [1.29, 1.82) is 0 Å². The van der Waals surface area contributed by atoms with Gasteiger partial charge in [-0.15, -0.1) is 0 Å². The highest BCUT2D eigenvalue weighted by Gasteiger charge is 1.95. The van der Waals surface area contributed by atoms with Gasteiger partial charge in [0.1, 0.15) is 5.75 Å². The Morgan fingerprint density at radius 3 is 1.87 bits per heavy atom.